The molecule has 1 atom stereocenters. The van der Waals surface area contributed by atoms with Crippen molar-refractivity contribution in [3.63, 3.8) is 0 Å². The molecule has 2 nitrogen and oxygen atoms in total. The Morgan fingerprint density at radius 1 is 1.55 bits per heavy atom. The second kappa shape index (κ2) is 5.96. The van der Waals surface area contributed by atoms with Crippen molar-refractivity contribution in [2.24, 2.45) is 11.1 Å². The normalized spacial score (nSPS) is 13.4. The Kier molecular flexibility index (Phi) is 5.53. The molecule has 0 amide bonds. The van der Waals surface area contributed by atoms with Crippen molar-refractivity contribution in [1.82, 2.24) is 0 Å². The minimum Gasteiger partial charge on any atom is -0.411 e. The van der Waals surface area contributed by atoms with Crippen molar-refractivity contribution >= 4 is 6.21 Å². The van der Waals surface area contributed by atoms with Crippen LogP contribution in [0.5, 0.6) is 0 Å². The van der Waals surface area contributed by atoms with Gasteiger partial charge in [0.05, 0.1) is 0 Å². The molecule has 0 radical (unpaired) electrons. The molecule has 0 aliphatic rings. The van der Waals surface area contributed by atoms with Gasteiger partial charge in [0.15, 0.2) is 0 Å². The van der Waals surface area contributed by atoms with E-state index in [9.17, 15) is 0 Å². The van der Waals surface area contributed by atoms with Crippen LogP contribution in [0.3, 0.4) is 0 Å². The topological polar surface area (TPSA) is 32.6 Å². The summed E-state index contributed by atoms with van der Waals surface area (Å²) in [5.74, 6) is 0.371. The summed E-state index contributed by atoms with van der Waals surface area (Å²) in [7, 11) is 0. The van der Waals surface area contributed by atoms with E-state index >= 15 is 0 Å². The molecule has 1 N–H and O–H groups in total. The van der Waals surface area contributed by atoms with Gasteiger partial charge in [0.2, 0.25) is 0 Å². The molecule has 64 valence electrons. The van der Waals surface area contributed by atoms with E-state index in [1.807, 2.05) is 6.92 Å². The van der Waals surface area contributed by atoms with E-state index in [4.69, 9.17) is 5.21 Å². The molecule has 0 bridgehead atoms. The fourth-order valence-electron chi connectivity index (χ4n) is 0.823. The minimum absolute atomic E-state index is 0.371. The molecule has 0 aromatic heterocycles. The highest BCUT2D eigenvalue weighted by Gasteiger charge is 1.95. The lowest BCUT2D eigenvalue weighted by molar-refractivity contribution is 0.318. The number of nitrogens with zero attached hydrogens (tertiary/aromatic N) is 1. The first-order valence-electron chi connectivity index (χ1n) is 3.97. The molecule has 0 saturated heterocycles. The molecule has 0 heterocycles. The van der Waals surface area contributed by atoms with Crippen LogP contribution < -0.4 is 0 Å². The molecular weight excluding hydrogens is 138 g/mol. The maximum absolute atomic E-state index is 8.20. The highest BCUT2D eigenvalue weighted by molar-refractivity contribution is 5.59. The van der Waals surface area contributed by atoms with Gasteiger partial charge in [0, 0.05) is 6.21 Å². The van der Waals surface area contributed by atoms with Crippen LogP contribution in [0, 0.1) is 5.92 Å². The van der Waals surface area contributed by atoms with E-state index in [-0.39, 0.29) is 0 Å². The van der Waals surface area contributed by atoms with Crippen molar-refractivity contribution in [3.8, 4) is 0 Å². The van der Waals surface area contributed by atoms with E-state index in [1.54, 1.807) is 6.21 Å². The number of allylic oxidation sites excluding steroid dienone is 2. The SMILES string of the molecule is CC(C)=CCCC(C)C=NO. The number of oxime groups is 1. The summed E-state index contributed by atoms with van der Waals surface area (Å²) in [6.45, 7) is 6.22. The number of rotatable bonds is 4. The van der Waals surface area contributed by atoms with Crippen molar-refractivity contribution in [2.45, 2.75) is 33.6 Å². The third-order valence-corrected chi connectivity index (χ3v) is 1.50. The Morgan fingerprint density at radius 2 is 2.18 bits per heavy atom. The Morgan fingerprint density at radius 3 is 2.64 bits per heavy atom. The molecule has 0 aliphatic carbocycles. The van der Waals surface area contributed by atoms with Gasteiger partial charge in [0.1, 0.15) is 0 Å². The van der Waals surface area contributed by atoms with Gasteiger partial charge in [0.25, 0.3) is 0 Å². The fraction of sp³-hybridized carbons (Fsp3) is 0.667. The van der Waals surface area contributed by atoms with Gasteiger partial charge in [-0.1, -0.05) is 18.6 Å². The summed E-state index contributed by atoms with van der Waals surface area (Å²) in [6, 6.07) is 0. The number of hydrogen-bond donors (Lipinski definition) is 1. The van der Waals surface area contributed by atoms with E-state index < -0.39 is 0 Å². The predicted octanol–water partition coefficient (Wildman–Crippen LogP) is 2.83. The lowest BCUT2D eigenvalue weighted by Gasteiger charge is -2.00. The Bertz CT molecular complexity index is 146. The van der Waals surface area contributed by atoms with Crippen LogP contribution in [0.25, 0.3) is 0 Å². The molecule has 11 heavy (non-hydrogen) atoms. The van der Waals surface area contributed by atoms with Crippen molar-refractivity contribution in [2.75, 3.05) is 0 Å². The molecule has 1 unspecified atom stereocenters. The van der Waals surface area contributed by atoms with Crippen LogP contribution >= 0.6 is 0 Å². The molecule has 0 fully saturated rings. The molecule has 0 aliphatic heterocycles. The summed E-state index contributed by atoms with van der Waals surface area (Å²) in [6.07, 6.45) is 5.88. The first-order chi connectivity index (χ1) is 5.16. The molecule has 0 spiro atoms. The van der Waals surface area contributed by atoms with Crippen molar-refractivity contribution in [1.29, 1.82) is 0 Å². The average molecular weight is 155 g/mol. The summed E-state index contributed by atoms with van der Waals surface area (Å²) >= 11 is 0. The summed E-state index contributed by atoms with van der Waals surface area (Å²) in [5, 5.41) is 11.2. The van der Waals surface area contributed by atoms with Gasteiger partial charge in [-0.3, -0.25) is 0 Å². The van der Waals surface area contributed by atoms with E-state index in [1.165, 1.54) is 5.57 Å². The third kappa shape index (κ3) is 7.10. The smallest absolute Gasteiger partial charge is 0.0464 e. The molecule has 0 saturated carbocycles. The average Bonchev–Trinajstić information content (AvgIpc) is 1.87. The second-order valence-electron chi connectivity index (χ2n) is 3.10. The van der Waals surface area contributed by atoms with Gasteiger partial charge in [-0.2, -0.15) is 0 Å². The first kappa shape index (κ1) is 10.2. The molecule has 0 aromatic rings. The van der Waals surface area contributed by atoms with Crippen LogP contribution in [0.1, 0.15) is 33.6 Å². The second-order valence-corrected chi connectivity index (χ2v) is 3.10. The van der Waals surface area contributed by atoms with Crippen LogP contribution in [-0.4, -0.2) is 11.4 Å². The van der Waals surface area contributed by atoms with Gasteiger partial charge in [-0.25, -0.2) is 0 Å². The third-order valence-electron chi connectivity index (χ3n) is 1.50. The van der Waals surface area contributed by atoms with E-state index in [0.717, 1.165) is 12.8 Å². The lowest BCUT2D eigenvalue weighted by atomic mass is 10.1. The summed E-state index contributed by atoms with van der Waals surface area (Å²) < 4.78 is 0. The van der Waals surface area contributed by atoms with Gasteiger partial charge in [-0.05, 0) is 32.6 Å². The first-order valence-corrected chi connectivity index (χ1v) is 3.97. The number of hydrogen-bond acceptors (Lipinski definition) is 2. The lowest BCUT2D eigenvalue weighted by Crippen LogP contribution is -1.94. The van der Waals surface area contributed by atoms with Crippen LogP contribution in [0.2, 0.25) is 0 Å². The van der Waals surface area contributed by atoms with Gasteiger partial charge in [-0.15, -0.1) is 5.16 Å². The summed E-state index contributed by atoms with van der Waals surface area (Å²) in [5.41, 5.74) is 1.35. The molecule has 2 heteroatoms. The van der Waals surface area contributed by atoms with E-state index in [0.29, 0.717) is 5.92 Å². The van der Waals surface area contributed by atoms with Gasteiger partial charge >= 0.3 is 0 Å². The Labute approximate surface area is 68.6 Å². The fourth-order valence-corrected chi connectivity index (χ4v) is 0.823. The maximum Gasteiger partial charge on any atom is 0.0464 e. The minimum atomic E-state index is 0.371. The Hall–Kier alpha value is -0.790. The molecular formula is C9H17NO. The molecule has 0 rings (SSSR count). The Balaban J connectivity index is 3.46. The largest absolute Gasteiger partial charge is 0.411 e. The highest BCUT2D eigenvalue weighted by Crippen LogP contribution is 2.04. The highest BCUT2D eigenvalue weighted by atomic mass is 16.4. The predicted molar refractivity (Wildman–Crippen MR) is 48.1 cm³/mol. The standard InChI is InChI=1S/C9H17NO/c1-8(2)5-4-6-9(3)7-10-11/h5,7,9,11H,4,6H2,1-3H3. The zero-order valence-electron chi connectivity index (χ0n) is 7.54. The molecule has 0 aromatic carbocycles. The zero-order valence-corrected chi connectivity index (χ0v) is 7.54. The van der Waals surface area contributed by atoms with Gasteiger partial charge < -0.3 is 5.21 Å². The summed E-state index contributed by atoms with van der Waals surface area (Å²) in [4.78, 5) is 0. The quantitative estimate of drug-likeness (QED) is 0.288. The van der Waals surface area contributed by atoms with Crippen LogP contribution in [0.4, 0.5) is 0 Å². The zero-order chi connectivity index (χ0) is 8.69. The van der Waals surface area contributed by atoms with Crippen molar-refractivity contribution in [3.05, 3.63) is 11.6 Å². The van der Waals surface area contributed by atoms with E-state index in [2.05, 4.69) is 25.1 Å². The van der Waals surface area contributed by atoms with Crippen molar-refractivity contribution < 1.29 is 5.21 Å². The monoisotopic (exact) mass is 155 g/mol. The van der Waals surface area contributed by atoms with Crippen LogP contribution in [-0.2, 0) is 0 Å². The maximum atomic E-state index is 8.20. The van der Waals surface area contributed by atoms with Crippen LogP contribution in [0.15, 0.2) is 16.8 Å².